The van der Waals surface area contributed by atoms with Gasteiger partial charge >= 0.3 is 6.03 Å². The summed E-state index contributed by atoms with van der Waals surface area (Å²) in [5.74, 6) is 0.628. The highest BCUT2D eigenvalue weighted by molar-refractivity contribution is 5.94. The second kappa shape index (κ2) is 8.19. The van der Waals surface area contributed by atoms with Crippen molar-refractivity contribution in [1.82, 2.24) is 10.6 Å². The molecule has 1 atom stereocenters. The van der Waals surface area contributed by atoms with E-state index >= 15 is 0 Å². The molecule has 6 heteroatoms. The van der Waals surface area contributed by atoms with E-state index in [9.17, 15) is 9.59 Å². The summed E-state index contributed by atoms with van der Waals surface area (Å²) in [5, 5.41) is 8.27. The molecular formula is C19H21N3O3. The van der Waals surface area contributed by atoms with Crippen molar-refractivity contribution in [3.63, 3.8) is 0 Å². The maximum Gasteiger partial charge on any atom is 0.319 e. The minimum Gasteiger partial charge on any atom is -0.489 e. The van der Waals surface area contributed by atoms with Crippen LogP contribution in [-0.4, -0.2) is 24.5 Å². The monoisotopic (exact) mass is 339 g/mol. The molecule has 0 saturated carbocycles. The number of carbonyl (C=O) groups excluding carboxylic acids is 2. The second-order valence-corrected chi connectivity index (χ2v) is 5.84. The summed E-state index contributed by atoms with van der Waals surface area (Å²) >= 11 is 0. The Bertz CT molecular complexity index is 734. The molecule has 2 aromatic rings. The van der Waals surface area contributed by atoms with Crippen LogP contribution in [0.2, 0.25) is 0 Å². The standard InChI is InChI=1S/C19H21N3O3/c23-18-17(11-6-12-20-18)22-19(24)21-16-10-5-4-7-14(16)13-25-15-8-2-1-3-9-15/h1-5,7-10,17H,6,11-13H2,(H,20,23)(H2,21,22,24)/t17-/m0/s1. The molecule has 3 N–H and O–H groups in total. The Kier molecular flexibility index (Phi) is 5.51. The van der Waals surface area contributed by atoms with Gasteiger partial charge in [-0.2, -0.15) is 0 Å². The summed E-state index contributed by atoms with van der Waals surface area (Å²) < 4.78 is 5.75. The van der Waals surface area contributed by atoms with Crippen molar-refractivity contribution in [1.29, 1.82) is 0 Å². The molecule has 0 spiro atoms. The summed E-state index contributed by atoms with van der Waals surface area (Å²) in [5.41, 5.74) is 1.52. The summed E-state index contributed by atoms with van der Waals surface area (Å²) in [6, 6.07) is 16.1. The number of anilines is 1. The number of amides is 3. The van der Waals surface area contributed by atoms with E-state index in [2.05, 4.69) is 16.0 Å². The third-order valence-electron chi connectivity index (χ3n) is 3.99. The van der Waals surface area contributed by atoms with E-state index in [-0.39, 0.29) is 5.91 Å². The van der Waals surface area contributed by atoms with Crippen molar-refractivity contribution in [3.8, 4) is 5.75 Å². The van der Waals surface area contributed by atoms with Gasteiger partial charge in [0.15, 0.2) is 0 Å². The molecular weight excluding hydrogens is 318 g/mol. The molecule has 3 amide bonds. The smallest absolute Gasteiger partial charge is 0.319 e. The Balaban J connectivity index is 1.60. The number of hydrogen-bond acceptors (Lipinski definition) is 3. The molecule has 0 bridgehead atoms. The molecule has 3 rings (SSSR count). The number of benzene rings is 2. The van der Waals surface area contributed by atoms with E-state index in [4.69, 9.17) is 4.74 Å². The number of piperidine rings is 1. The number of urea groups is 1. The van der Waals surface area contributed by atoms with Gasteiger partial charge in [0.25, 0.3) is 0 Å². The van der Waals surface area contributed by atoms with Gasteiger partial charge in [-0.3, -0.25) is 4.79 Å². The zero-order valence-corrected chi connectivity index (χ0v) is 13.8. The number of para-hydroxylation sites is 2. The lowest BCUT2D eigenvalue weighted by Gasteiger charge is -2.23. The number of rotatable bonds is 5. The van der Waals surface area contributed by atoms with Crippen LogP contribution in [0.1, 0.15) is 18.4 Å². The van der Waals surface area contributed by atoms with Crippen LogP contribution in [0.5, 0.6) is 5.75 Å². The fourth-order valence-corrected chi connectivity index (χ4v) is 2.67. The topological polar surface area (TPSA) is 79.5 Å². The first-order valence-electron chi connectivity index (χ1n) is 8.33. The highest BCUT2D eigenvalue weighted by Crippen LogP contribution is 2.18. The highest BCUT2D eigenvalue weighted by Gasteiger charge is 2.23. The molecule has 0 unspecified atom stereocenters. The van der Waals surface area contributed by atoms with E-state index in [1.807, 2.05) is 54.6 Å². The largest absolute Gasteiger partial charge is 0.489 e. The first-order valence-corrected chi connectivity index (χ1v) is 8.33. The Morgan fingerprint density at radius 3 is 2.68 bits per heavy atom. The summed E-state index contributed by atoms with van der Waals surface area (Å²) in [6.45, 7) is 1.00. The maximum atomic E-state index is 12.2. The summed E-state index contributed by atoms with van der Waals surface area (Å²) in [7, 11) is 0. The summed E-state index contributed by atoms with van der Waals surface area (Å²) in [4.78, 5) is 23.9. The third-order valence-corrected chi connectivity index (χ3v) is 3.99. The van der Waals surface area contributed by atoms with Gasteiger partial charge in [-0.1, -0.05) is 36.4 Å². The van der Waals surface area contributed by atoms with Crippen molar-refractivity contribution in [2.75, 3.05) is 11.9 Å². The van der Waals surface area contributed by atoms with E-state index in [0.717, 1.165) is 17.7 Å². The first-order chi connectivity index (χ1) is 12.2. The zero-order valence-electron chi connectivity index (χ0n) is 13.8. The van der Waals surface area contributed by atoms with Crippen LogP contribution in [0.15, 0.2) is 54.6 Å². The number of carbonyl (C=O) groups is 2. The highest BCUT2D eigenvalue weighted by atomic mass is 16.5. The first kappa shape index (κ1) is 16.8. The van der Waals surface area contributed by atoms with Crippen LogP contribution in [0, 0.1) is 0 Å². The average molecular weight is 339 g/mol. The number of nitrogens with one attached hydrogen (secondary N) is 3. The van der Waals surface area contributed by atoms with Crippen LogP contribution in [0.3, 0.4) is 0 Å². The lowest BCUT2D eigenvalue weighted by molar-refractivity contribution is -0.124. The molecule has 1 aliphatic heterocycles. The van der Waals surface area contributed by atoms with Crippen molar-refractivity contribution < 1.29 is 14.3 Å². The Hall–Kier alpha value is -3.02. The van der Waals surface area contributed by atoms with Crippen molar-refractivity contribution in [2.24, 2.45) is 0 Å². The molecule has 1 fully saturated rings. The molecule has 0 radical (unpaired) electrons. The van der Waals surface area contributed by atoms with Gasteiger partial charge in [0, 0.05) is 17.8 Å². The zero-order chi connectivity index (χ0) is 17.5. The van der Waals surface area contributed by atoms with Crippen LogP contribution in [0.25, 0.3) is 0 Å². The van der Waals surface area contributed by atoms with E-state index in [1.54, 1.807) is 0 Å². The van der Waals surface area contributed by atoms with Crippen LogP contribution >= 0.6 is 0 Å². The molecule has 1 aliphatic rings. The quantitative estimate of drug-likeness (QED) is 0.783. The van der Waals surface area contributed by atoms with E-state index in [0.29, 0.717) is 25.3 Å². The predicted octanol–water partition coefficient (Wildman–Crippen LogP) is 2.67. The average Bonchev–Trinajstić information content (AvgIpc) is 2.64. The van der Waals surface area contributed by atoms with Gasteiger partial charge in [-0.25, -0.2) is 4.79 Å². The molecule has 1 saturated heterocycles. The van der Waals surface area contributed by atoms with Gasteiger partial charge in [-0.15, -0.1) is 0 Å². The SMILES string of the molecule is O=C(Nc1ccccc1COc1ccccc1)N[C@H]1CCCNC1=O. The molecule has 0 aromatic heterocycles. The Morgan fingerprint density at radius 1 is 1.12 bits per heavy atom. The van der Waals surface area contributed by atoms with Gasteiger partial charge in [0.2, 0.25) is 5.91 Å². The lowest BCUT2D eigenvalue weighted by atomic mass is 10.1. The van der Waals surface area contributed by atoms with Crippen LogP contribution in [0.4, 0.5) is 10.5 Å². The van der Waals surface area contributed by atoms with Gasteiger partial charge < -0.3 is 20.7 Å². The maximum absolute atomic E-state index is 12.2. The normalized spacial score (nSPS) is 16.6. The van der Waals surface area contributed by atoms with Crippen molar-refractivity contribution in [3.05, 3.63) is 60.2 Å². The van der Waals surface area contributed by atoms with Gasteiger partial charge in [-0.05, 0) is 31.0 Å². The molecule has 2 aromatic carbocycles. The van der Waals surface area contributed by atoms with Crippen LogP contribution in [-0.2, 0) is 11.4 Å². The second-order valence-electron chi connectivity index (χ2n) is 5.84. The van der Waals surface area contributed by atoms with E-state index in [1.165, 1.54) is 0 Å². The molecule has 1 heterocycles. The molecule has 0 aliphatic carbocycles. The molecule has 6 nitrogen and oxygen atoms in total. The molecule has 25 heavy (non-hydrogen) atoms. The molecule has 130 valence electrons. The van der Waals surface area contributed by atoms with Gasteiger partial charge in [0.05, 0.1) is 0 Å². The fraction of sp³-hybridized carbons (Fsp3) is 0.263. The van der Waals surface area contributed by atoms with Gasteiger partial charge in [0.1, 0.15) is 18.4 Å². The van der Waals surface area contributed by atoms with Crippen molar-refractivity contribution in [2.45, 2.75) is 25.5 Å². The number of ether oxygens (including phenoxy) is 1. The number of hydrogen-bond donors (Lipinski definition) is 3. The third kappa shape index (κ3) is 4.73. The Labute approximate surface area is 146 Å². The minimum absolute atomic E-state index is 0.137. The fourth-order valence-electron chi connectivity index (χ4n) is 2.67. The summed E-state index contributed by atoms with van der Waals surface area (Å²) in [6.07, 6.45) is 1.51. The lowest BCUT2D eigenvalue weighted by Crippen LogP contribution is -2.51. The van der Waals surface area contributed by atoms with Crippen LogP contribution < -0.4 is 20.7 Å². The van der Waals surface area contributed by atoms with E-state index < -0.39 is 12.1 Å². The van der Waals surface area contributed by atoms with Crippen molar-refractivity contribution >= 4 is 17.6 Å². The Morgan fingerprint density at radius 2 is 1.88 bits per heavy atom. The predicted molar refractivity (Wildman–Crippen MR) is 95.4 cm³/mol. The minimum atomic E-state index is -0.485.